The molecule has 1 aromatic carbocycles. The molecule has 0 spiro atoms. The molecule has 0 unspecified atom stereocenters. The molecule has 0 N–H and O–H groups in total. The summed E-state index contributed by atoms with van der Waals surface area (Å²) in [5.74, 6) is 4.71. The second-order valence-electron chi connectivity index (χ2n) is 3.62. The minimum Gasteiger partial charge on any atom is -0.293 e. The second-order valence-corrected chi connectivity index (χ2v) is 4.56. The summed E-state index contributed by atoms with van der Waals surface area (Å²) < 4.78 is 0. The highest BCUT2D eigenvalue weighted by molar-refractivity contribution is 7.12. The van der Waals surface area contributed by atoms with Crippen LogP contribution >= 0.6 is 11.3 Å². The average molecular weight is 254 g/mol. The molecule has 0 fully saturated rings. The molecule has 0 bridgehead atoms. The Morgan fingerprint density at radius 1 is 1.06 bits per heavy atom. The lowest BCUT2D eigenvalue weighted by Crippen LogP contribution is -2.04. The predicted octanol–water partition coefficient (Wildman–Crippen LogP) is 2.94. The molecule has 1 heterocycles. The first kappa shape index (κ1) is 12.3. The standard InChI is InChI=1S/C15H10O2S/c16-13(9-8-12-5-2-1-3-6-12)11-14(17)15-7-4-10-18-15/h1-7,10H,11H2. The molecule has 1 aromatic heterocycles. The van der Waals surface area contributed by atoms with E-state index in [9.17, 15) is 9.59 Å². The zero-order valence-corrected chi connectivity index (χ0v) is 10.4. The summed E-state index contributed by atoms with van der Waals surface area (Å²) in [6.07, 6.45) is -0.152. The highest BCUT2D eigenvalue weighted by atomic mass is 32.1. The summed E-state index contributed by atoms with van der Waals surface area (Å²) in [6, 6.07) is 12.7. The van der Waals surface area contributed by atoms with Gasteiger partial charge in [0.15, 0.2) is 5.78 Å². The molecule has 88 valence electrons. The molecule has 0 amide bonds. The number of benzene rings is 1. The van der Waals surface area contributed by atoms with Crippen molar-refractivity contribution in [3.8, 4) is 11.8 Å². The third kappa shape index (κ3) is 3.41. The van der Waals surface area contributed by atoms with Gasteiger partial charge >= 0.3 is 0 Å². The molecular weight excluding hydrogens is 244 g/mol. The number of hydrogen-bond acceptors (Lipinski definition) is 3. The predicted molar refractivity (Wildman–Crippen MR) is 71.6 cm³/mol. The van der Waals surface area contributed by atoms with Crippen LogP contribution in [0, 0.1) is 11.8 Å². The first-order valence-electron chi connectivity index (χ1n) is 5.42. The van der Waals surface area contributed by atoms with E-state index in [0.717, 1.165) is 5.56 Å². The van der Waals surface area contributed by atoms with Crippen LogP contribution in [0.3, 0.4) is 0 Å². The Morgan fingerprint density at radius 3 is 2.50 bits per heavy atom. The number of ketones is 2. The third-order valence-electron chi connectivity index (χ3n) is 2.24. The summed E-state index contributed by atoms with van der Waals surface area (Å²) in [5, 5.41) is 1.81. The van der Waals surface area contributed by atoms with Gasteiger partial charge in [-0.1, -0.05) is 30.2 Å². The molecule has 0 radical (unpaired) electrons. The Hall–Kier alpha value is -2.18. The van der Waals surface area contributed by atoms with Gasteiger partial charge in [0, 0.05) is 5.56 Å². The van der Waals surface area contributed by atoms with Crippen LogP contribution in [0.15, 0.2) is 47.8 Å². The summed E-state index contributed by atoms with van der Waals surface area (Å²) >= 11 is 1.34. The number of carbonyl (C=O) groups is 2. The molecule has 0 aliphatic rings. The number of hydrogen-bond donors (Lipinski definition) is 0. The maximum atomic E-state index is 11.6. The molecule has 2 aromatic rings. The van der Waals surface area contributed by atoms with E-state index >= 15 is 0 Å². The van der Waals surface area contributed by atoms with Gasteiger partial charge in [0.05, 0.1) is 11.3 Å². The van der Waals surface area contributed by atoms with Gasteiger partial charge in [-0.15, -0.1) is 11.3 Å². The lowest BCUT2D eigenvalue weighted by molar-refractivity contribution is -0.113. The van der Waals surface area contributed by atoms with Gasteiger partial charge in [-0.25, -0.2) is 0 Å². The van der Waals surface area contributed by atoms with E-state index in [2.05, 4.69) is 11.8 Å². The molecule has 2 rings (SSSR count). The zero-order chi connectivity index (χ0) is 12.8. The lowest BCUT2D eigenvalue weighted by atomic mass is 10.1. The van der Waals surface area contributed by atoms with Crippen molar-refractivity contribution in [2.45, 2.75) is 6.42 Å². The Labute approximate surface area is 109 Å². The van der Waals surface area contributed by atoms with E-state index < -0.39 is 0 Å². The average Bonchev–Trinajstić information content (AvgIpc) is 2.91. The van der Waals surface area contributed by atoms with Gasteiger partial charge in [0.1, 0.15) is 0 Å². The van der Waals surface area contributed by atoms with Crippen LogP contribution in [-0.4, -0.2) is 11.6 Å². The van der Waals surface area contributed by atoms with E-state index in [-0.39, 0.29) is 18.0 Å². The van der Waals surface area contributed by atoms with E-state index in [1.165, 1.54) is 11.3 Å². The molecule has 18 heavy (non-hydrogen) atoms. The largest absolute Gasteiger partial charge is 0.293 e. The normalized spacial score (nSPS) is 9.33. The minimum atomic E-state index is -0.350. The maximum Gasteiger partial charge on any atom is 0.213 e. The van der Waals surface area contributed by atoms with Gasteiger partial charge in [-0.05, 0) is 29.5 Å². The maximum absolute atomic E-state index is 11.6. The molecule has 0 atom stereocenters. The number of rotatable bonds is 3. The topological polar surface area (TPSA) is 34.1 Å². The van der Waals surface area contributed by atoms with E-state index in [0.29, 0.717) is 4.88 Å². The molecular formula is C15H10O2S. The summed E-state index contributed by atoms with van der Waals surface area (Å²) in [4.78, 5) is 23.8. The van der Waals surface area contributed by atoms with Gasteiger partial charge in [0.2, 0.25) is 5.78 Å². The fraction of sp³-hybridized carbons (Fsp3) is 0.0667. The van der Waals surface area contributed by atoms with Crippen molar-refractivity contribution in [1.82, 2.24) is 0 Å². The van der Waals surface area contributed by atoms with Crippen LogP contribution in [0.5, 0.6) is 0 Å². The summed E-state index contributed by atoms with van der Waals surface area (Å²) in [6.45, 7) is 0. The van der Waals surface area contributed by atoms with Crippen molar-refractivity contribution in [3.63, 3.8) is 0 Å². The van der Waals surface area contributed by atoms with Crippen molar-refractivity contribution < 1.29 is 9.59 Å². The minimum absolute atomic E-state index is 0.152. The van der Waals surface area contributed by atoms with Crippen molar-refractivity contribution in [2.24, 2.45) is 0 Å². The SMILES string of the molecule is O=C(C#Cc1ccccc1)CC(=O)c1cccs1. The molecule has 0 saturated heterocycles. The van der Waals surface area contributed by atoms with Crippen molar-refractivity contribution in [2.75, 3.05) is 0 Å². The van der Waals surface area contributed by atoms with Crippen molar-refractivity contribution >= 4 is 22.9 Å². The van der Waals surface area contributed by atoms with Gasteiger partial charge < -0.3 is 0 Å². The molecule has 0 saturated carbocycles. The Kier molecular flexibility index (Phi) is 4.06. The Balaban J connectivity index is 1.98. The fourth-order valence-electron chi connectivity index (χ4n) is 1.38. The lowest BCUT2D eigenvalue weighted by Gasteiger charge is -1.91. The van der Waals surface area contributed by atoms with Gasteiger partial charge in [-0.3, -0.25) is 9.59 Å². The highest BCUT2D eigenvalue weighted by Gasteiger charge is 2.10. The van der Waals surface area contributed by atoms with Crippen LogP contribution in [0.25, 0.3) is 0 Å². The fourth-order valence-corrected chi connectivity index (χ4v) is 2.04. The molecule has 0 aliphatic carbocycles. The van der Waals surface area contributed by atoms with Gasteiger partial charge in [-0.2, -0.15) is 0 Å². The zero-order valence-electron chi connectivity index (χ0n) is 9.55. The highest BCUT2D eigenvalue weighted by Crippen LogP contribution is 2.11. The van der Waals surface area contributed by atoms with E-state index in [4.69, 9.17) is 0 Å². The van der Waals surface area contributed by atoms with Crippen LogP contribution in [0.1, 0.15) is 21.7 Å². The monoisotopic (exact) mass is 254 g/mol. The van der Waals surface area contributed by atoms with Crippen LogP contribution in [-0.2, 0) is 4.79 Å². The first-order chi connectivity index (χ1) is 8.75. The Morgan fingerprint density at radius 2 is 1.83 bits per heavy atom. The quantitative estimate of drug-likeness (QED) is 0.479. The smallest absolute Gasteiger partial charge is 0.213 e. The molecule has 0 aliphatic heterocycles. The molecule has 3 heteroatoms. The molecule has 2 nitrogen and oxygen atoms in total. The van der Waals surface area contributed by atoms with E-state index in [1.807, 2.05) is 35.7 Å². The van der Waals surface area contributed by atoms with E-state index in [1.54, 1.807) is 12.1 Å². The number of carbonyl (C=O) groups excluding carboxylic acids is 2. The third-order valence-corrected chi connectivity index (χ3v) is 3.15. The van der Waals surface area contributed by atoms with Crippen molar-refractivity contribution in [1.29, 1.82) is 0 Å². The first-order valence-corrected chi connectivity index (χ1v) is 6.30. The number of thiophene rings is 1. The number of Topliss-reactive ketones (excluding diaryl/α,β-unsaturated/α-hetero) is 2. The summed E-state index contributed by atoms with van der Waals surface area (Å²) in [7, 11) is 0. The van der Waals surface area contributed by atoms with Crippen molar-refractivity contribution in [3.05, 3.63) is 58.3 Å². The summed E-state index contributed by atoms with van der Waals surface area (Å²) in [5.41, 5.74) is 0.773. The second kappa shape index (κ2) is 5.95. The van der Waals surface area contributed by atoms with Crippen LogP contribution in [0.2, 0.25) is 0 Å². The van der Waals surface area contributed by atoms with Crippen LogP contribution < -0.4 is 0 Å². The van der Waals surface area contributed by atoms with Gasteiger partial charge in [0.25, 0.3) is 0 Å². The Bertz CT molecular complexity index is 601. The van der Waals surface area contributed by atoms with Crippen LogP contribution in [0.4, 0.5) is 0 Å².